The lowest BCUT2D eigenvalue weighted by Crippen LogP contribution is -2.44. The fraction of sp³-hybridized carbons (Fsp3) is 0.476. The standard InChI is InChI=1S/C21H25FN4O3S/c1-3-12-25-20(17-6-4-5-7-18(17)22)23-24-21(25)30(28,29)13-19(27)26(16-10-11-16)14(2)15-8-9-15/h3-7,14-16H,1,8-13H2,2H3/t14-/m1/s1. The van der Waals surface area contributed by atoms with Crippen LogP contribution in [0.1, 0.15) is 32.6 Å². The van der Waals surface area contributed by atoms with Gasteiger partial charge in [0.1, 0.15) is 11.6 Å². The molecule has 1 amide bonds. The molecule has 0 radical (unpaired) electrons. The zero-order valence-electron chi connectivity index (χ0n) is 16.9. The molecule has 0 aliphatic heterocycles. The van der Waals surface area contributed by atoms with Crippen LogP contribution in [-0.2, 0) is 21.2 Å². The van der Waals surface area contributed by atoms with Crippen molar-refractivity contribution in [1.82, 2.24) is 19.7 Å². The molecule has 1 atom stereocenters. The third-order valence-electron chi connectivity index (χ3n) is 5.71. The van der Waals surface area contributed by atoms with E-state index in [9.17, 15) is 17.6 Å². The molecule has 1 heterocycles. The average molecular weight is 433 g/mol. The number of halogens is 1. The van der Waals surface area contributed by atoms with Gasteiger partial charge in [-0.1, -0.05) is 18.2 Å². The first-order valence-electron chi connectivity index (χ1n) is 10.2. The Morgan fingerprint density at radius 2 is 2.00 bits per heavy atom. The molecule has 9 heteroatoms. The van der Waals surface area contributed by atoms with Crippen molar-refractivity contribution in [2.75, 3.05) is 5.75 Å². The maximum absolute atomic E-state index is 14.3. The van der Waals surface area contributed by atoms with Crippen molar-refractivity contribution in [1.29, 1.82) is 0 Å². The Balaban J connectivity index is 1.64. The molecular formula is C21H25FN4O3S. The molecule has 0 bridgehead atoms. The van der Waals surface area contributed by atoms with E-state index in [1.165, 1.54) is 28.8 Å². The van der Waals surface area contributed by atoms with Crippen LogP contribution < -0.4 is 0 Å². The van der Waals surface area contributed by atoms with Gasteiger partial charge >= 0.3 is 0 Å². The molecular weight excluding hydrogens is 407 g/mol. The highest BCUT2D eigenvalue weighted by atomic mass is 32.2. The molecule has 4 rings (SSSR count). The lowest BCUT2D eigenvalue weighted by molar-refractivity contribution is -0.131. The van der Waals surface area contributed by atoms with Crippen molar-refractivity contribution in [3.05, 3.63) is 42.7 Å². The smallest absolute Gasteiger partial charge is 0.250 e. The summed E-state index contributed by atoms with van der Waals surface area (Å²) >= 11 is 0. The molecule has 30 heavy (non-hydrogen) atoms. The van der Waals surface area contributed by atoms with E-state index in [0.29, 0.717) is 5.92 Å². The normalized spacial score (nSPS) is 17.5. The van der Waals surface area contributed by atoms with Crippen LogP contribution in [0.4, 0.5) is 4.39 Å². The van der Waals surface area contributed by atoms with E-state index in [0.717, 1.165) is 25.7 Å². The number of nitrogens with zero attached hydrogens (tertiary/aromatic N) is 4. The quantitative estimate of drug-likeness (QED) is 0.569. The summed E-state index contributed by atoms with van der Waals surface area (Å²) in [7, 11) is -4.07. The van der Waals surface area contributed by atoms with Gasteiger partial charge in [0.15, 0.2) is 5.82 Å². The van der Waals surface area contributed by atoms with Crippen molar-refractivity contribution in [3.63, 3.8) is 0 Å². The van der Waals surface area contributed by atoms with Gasteiger partial charge in [0.2, 0.25) is 15.7 Å². The zero-order valence-corrected chi connectivity index (χ0v) is 17.7. The monoisotopic (exact) mass is 432 g/mol. The summed E-state index contributed by atoms with van der Waals surface area (Å²) in [5, 5.41) is 7.41. The Labute approximate surface area is 175 Å². The van der Waals surface area contributed by atoms with Crippen molar-refractivity contribution in [3.8, 4) is 11.4 Å². The van der Waals surface area contributed by atoms with Crippen LogP contribution >= 0.6 is 0 Å². The van der Waals surface area contributed by atoms with Crippen LogP contribution in [0.25, 0.3) is 11.4 Å². The van der Waals surface area contributed by atoms with E-state index in [1.807, 2.05) is 6.92 Å². The molecule has 0 N–H and O–H groups in total. The van der Waals surface area contributed by atoms with E-state index in [2.05, 4.69) is 16.8 Å². The van der Waals surface area contributed by atoms with Gasteiger partial charge in [-0.15, -0.1) is 16.8 Å². The number of rotatable bonds is 9. The third kappa shape index (κ3) is 4.03. The van der Waals surface area contributed by atoms with Gasteiger partial charge in [-0.3, -0.25) is 9.36 Å². The summed E-state index contributed by atoms with van der Waals surface area (Å²) in [6.07, 6.45) is 5.45. The highest BCUT2D eigenvalue weighted by molar-refractivity contribution is 7.92. The largest absolute Gasteiger partial charge is 0.336 e. The Morgan fingerprint density at radius 1 is 1.30 bits per heavy atom. The number of aromatic nitrogens is 3. The summed E-state index contributed by atoms with van der Waals surface area (Å²) in [4.78, 5) is 14.7. The molecule has 0 saturated heterocycles. The van der Waals surface area contributed by atoms with Gasteiger partial charge in [0, 0.05) is 18.6 Å². The van der Waals surface area contributed by atoms with Crippen molar-refractivity contribution >= 4 is 15.7 Å². The van der Waals surface area contributed by atoms with Crippen molar-refractivity contribution in [2.45, 2.75) is 56.4 Å². The summed E-state index contributed by atoms with van der Waals surface area (Å²) in [5.74, 6) is -1.07. The molecule has 7 nitrogen and oxygen atoms in total. The minimum Gasteiger partial charge on any atom is -0.336 e. The van der Waals surface area contributed by atoms with Crippen LogP contribution in [-0.4, -0.2) is 51.8 Å². The van der Waals surface area contributed by atoms with Crippen molar-refractivity contribution in [2.24, 2.45) is 5.92 Å². The first kappa shape index (κ1) is 20.7. The topological polar surface area (TPSA) is 85.2 Å². The highest BCUT2D eigenvalue weighted by Gasteiger charge is 2.43. The summed E-state index contributed by atoms with van der Waals surface area (Å²) < 4.78 is 41.8. The second kappa shape index (κ2) is 7.94. The number of carbonyl (C=O) groups excluding carboxylic acids is 1. The Morgan fingerprint density at radius 3 is 2.60 bits per heavy atom. The molecule has 2 fully saturated rings. The second-order valence-electron chi connectivity index (χ2n) is 8.05. The number of carbonyl (C=O) groups is 1. The molecule has 0 spiro atoms. The van der Waals surface area contributed by atoms with Crippen LogP contribution in [0.3, 0.4) is 0 Å². The van der Waals surface area contributed by atoms with Crippen LogP contribution in [0.5, 0.6) is 0 Å². The van der Waals surface area contributed by atoms with Gasteiger partial charge in [-0.2, -0.15) is 0 Å². The predicted molar refractivity (Wildman–Crippen MR) is 110 cm³/mol. The van der Waals surface area contributed by atoms with E-state index in [1.54, 1.807) is 11.0 Å². The fourth-order valence-electron chi connectivity index (χ4n) is 3.88. The first-order valence-corrected chi connectivity index (χ1v) is 11.8. The average Bonchev–Trinajstić information content (AvgIpc) is 3.60. The summed E-state index contributed by atoms with van der Waals surface area (Å²) in [6, 6.07) is 6.12. The van der Waals surface area contributed by atoms with Gasteiger partial charge in [-0.25, -0.2) is 12.8 Å². The zero-order chi connectivity index (χ0) is 21.5. The van der Waals surface area contributed by atoms with E-state index < -0.39 is 27.3 Å². The molecule has 2 aliphatic carbocycles. The number of sulfone groups is 1. The highest BCUT2D eigenvalue weighted by Crippen LogP contribution is 2.40. The minimum atomic E-state index is -4.07. The van der Waals surface area contributed by atoms with Crippen molar-refractivity contribution < 1.29 is 17.6 Å². The molecule has 1 aromatic heterocycles. The molecule has 2 saturated carbocycles. The van der Waals surface area contributed by atoms with Gasteiger partial charge < -0.3 is 4.90 Å². The number of amides is 1. The fourth-order valence-corrected chi connectivity index (χ4v) is 5.14. The Kier molecular flexibility index (Phi) is 5.48. The molecule has 160 valence electrons. The lowest BCUT2D eigenvalue weighted by Gasteiger charge is -2.29. The lowest BCUT2D eigenvalue weighted by atomic mass is 10.2. The molecule has 2 aromatic rings. The number of hydrogen-bond acceptors (Lipinski definition) is 5. The number of benzene rings is 1. The maximum atomic E-state index is 14.3. The number of hydrogen-bond donors (Lipinski definition) is 0. The van der Waals surface area contributed by atoms with Gasteiger partial charge in [0.05, 0.1) is 5.56 Å². The summed E-state index contributed by atoms with van der Waals surface area (Å²) in [5.41, 5.74) is 0.140. The first-order chi connectivity index (χ1) is 14.3. The van der Waals surface area contributed by atoms with Crippen LogP contribution in [0.2, 0.25) is 0 Å². The van der Waals surface area contributed by atoms with E-state index in [-0.39, 0.29) is 35.2 Å². The molecule has 0 unspecified atom stereocenters. The second-order valence-corrected chi connectivity index (χ2v) is 9.94. The number of allylic oxidation sites excluding steroid dienone is 1. The van der Waals surface area contributed by atoms with Gasteiger partial charge in [0.25, 0.3) is 5.16 Å². The summed E-state index contributed by atoms with van der Waals surface area (Å²) in [6.45, 7) is 5.72. The Bertz CT molecular complexity index is 1070. The SMILES string of the molecule is C=CCn1c(-c2ccccc2F)nnc1S(=O)(=O)CC(=O)N(C1CC1)[C@H](C)C1CC1. The predicted octanol–water partition coefficient (Wildman–Crippen LogP) is 2.83. The van der Waals surface area contributed by atoms with Crippen LogP contribution in [0, 0.1) is 11.7 Å². The van der Waals surface area contributed by atoms with E-state index in [4.69, 9.17) is 0 Å². The van der Waals surface area contributed by atoms with Crippen LogP contribution in [0.15, 0.2) is 42.1 Å². The van der Waals surface area contributed by atoms with Gasteiger partial charge in [-0.05, 0) is 50.7 Å². The molecule has 1 aromatic carbocycles. The molecule has 2 aliphatic rings. The maximum Gasteiger partial charge on any atom is 0.250 e. The van der Waals surface area contributed by atoms with E-state index >= 15 is 0 Å². The minimum absolute atomic E-state index is 0.0419. The Hall–Kier alpha value is -2.55. The third-order valence-corrected chi connectivity index (χ3v) is 7.19.